The van der Waals surface area contributed by atoms with Gasteiger partial charge in [0, 0.05) is 10.8 Å². The zero-order valence-electron chi connectivity index (χ0n) is 12.1. The van der Waals surface area contributed by atoms with E-state index in [4.69, 9.17) is 10.2 Å². The third-order valence-corrected chi connectivity index (χ3v) is 4.10. The Balaban J connectivity index is 2.01. The van der Waals surface area contributed by atoms with Gasteiger partial charge in [-0.2, -0.15) is 0 Å². The fourth-order valence-electron chi connectivity index (χ4n) is 2.59. The normalized spacial score (nSPS) is 13.5. The van der Waals surface area contributed by atoms with E-state index in [1.54, 1.807) is 6.07 Å². The molecule has 0 aliphatic rings. The summed E-state index contributed by atoms with van der Waals surface area (Å²) in [4.78, 5) is 0. The van der Waals surface area contributed by atoms with Gasteiger partial charge in [-0.3, -0.25) is 0 Å². The molecule has 0 aliphatic heterocycles. The lowest BCUT2D eigenvalue weighted by atomic mass is 9.77. The van der Waals surface area contributed by atoms with Crippen LogP contribution < -0.4 is 5.73 Å². The molecule has 0 aliphatic carbocycles. The van der Waals surface area contributed by atoms with Gasteiger partial charge in [0.1, 0.15) is 17.2 Å². The van der Waals surface area contributed by atoms with Crippen molar-refractivity contribution in [3.05, 3.63) is 71.7 Å². The van der Waals surface area contributed by atoms with Crippen LogP contribution in [0, 0.1) is 5.82 Å². The van der Waals surface area contributed by atoms with Gasteiger partial charge in [-0.05, 0) is 29.8 Å². The van der Waals surface area contributed by atoms with E-state index in [0.29, 0.717) is 11.3 Å². The number of fused-ring (bicyclic) bond motifs is 1. The Morgan fingerprint density at radius 1 is 1.05 bits per heavy atom. The van der Waals surface area contributed by atoms with Crippen LogP contribution in [-0.4, -0.2) is 0 Å². The van der Waals surface area contributed by atoms with E-state index in [0.717, 1.165) is 10.9 Å². The van der Waals surface area contributed by atoms with Crippen LogP contribution in [0.15, 0.2) is 59.0 Å². The Kier molecular flexibility index (Phi) is 3.30. The molecule has 1 unspecified atom stereocenters. The van der Waals surface area contributed by atoms with Crippen molar-refractivity contribution < 1.29 is 8.81 Å². The first kappa shape index (κ1) is 13.8. The number of furan rings is 1. The minimum absolute atomic E-state index is 0.272. The average molecular weight is 283 g/mol. The van der Waals surface area contributed by atoms with Gasteiger partial charge in [-0.25, -0.2) is 4.39 Å². The van der Waals surface area contributed by atoms with Crippen molar-refractivity contribution in [1.29, 1.82) is 0 Å². The molecule has 1 aromatic heterocycles. The molecule has 2 nitrogen and oxygen atoms in total. The van der Waals surface area contributed by atoms with E-state index < -0.39 is 0 Å². The fourth-order valence-corrected chi connectivity index (χ4v) is 2.59. The van der Waals surface area contributed by atoms with E-state index in [1.165, 1.54) is 12.1 Å². The number of halogens is 1. The first-order valence-corrected chi connectivity index (χ1v) is 6.98. The second-order valence-corrected chi connectivity index (χ2v) is 5.90. The molecule has 3 rings (SSSR count). The molecule has 0 bridgehead atoms. The molecule has 0 saturated heterocycles. The van der Waals surface area contributed by atoms with Gasteiger partial charge in [0.05, 0.1) is 6.04 Å². The van der Waals surface area contributed by atoms with Gasteiger partial charge < -0.3 is 10.2 Å². The largest absolute Gasteiger partial charge is 0.459 e. The highest BCUT2D eigenvalue weighted by Crippen LogP contribution is 2.37. The first-order valence-electron chi connectivity index (χ1n) is 6.98. The highest BCUT2D eigenvalue weighted by molar-refractivity contribution is 5.78. The predicted molar refractivity (Wildman–Crippen MR) is 82.6 cm³/mol. The van der Waals surface area contributed by atoms with Crippen molar-refractivity contribution in [3.63, 3.8) is 0 Å². The van der Waals surface area contributed by atoms with Crippen LogP contribution in [0.5, 0.6) is 0 Å². The van der Waals surface area contributed by atoms with Crippen LogP contribution in [0.25, 0.3) is 11.0 Å². The van der Waals surface area contributed by atoms with Crippen LogP contribution in [0.1, 0.15) is 31.2 Å². The molecule has 0 saturated carbocycles. The maximum atomic E-state index is 13.3. The second-order valence-electron chi connectivity index (χ2n) is 5.90. The van der Waals surface area contributed by atoms with Crippen molar-refractivity contribution in [2.24, 2.45) is 5.73 Å². The van der Waals surface area contributed by atoms with Crippen molar-refractivity contribution >= 4 is 11.0 Å². The highest BCUT2D eigenvalue weighted by atomic mass is 19.1. The lowest BCUT2D eigenvalue weighted by Crippen LogP contribution is -2.32. The standard InChI is InChI=1S/C18H18FNO/c1-18(2,13-6-4-3-5-7-13)17(20)16-11-12-10-14(19)8-9-15(12)21-16/h3-11,17H,20H2,1-2H3. The number of hydrogen-bond acceptors (Lipinski definition) is 2. The maximum absolute atomic E-state index is 13.3. The summed E-state index contributed by atoms with van der Waals surface area (Å²) in [7, 11) is 0. The number of hydrogen-bond donors (Lipinski definition) is 1. The molecule has 1 atom stereocenters. The van der Waals surface area contributed by atoms with Gasteiger partial charge in [0.2, 0.25) is 0 Å². The summed E-state index contributed by atoms with van der Waals surface area (Å²) in [5.41, 5.74) is 7.94. The second kappa shape index (κ2) is 5.01. The Hall–Kier alpha value is -2.13. The van der Waals surface area contributed by atoms with Crippen molar-refractivity contribution in [2.75, 3.05) is 0 Å². The summed E-state index contributed by atoms with van der Waals surface area (Å²) < 4.78 is 19.1. The van der Waals surface area contributed by atoms with E-state index in [2.05, 4.69) is 26.0 Å². The lowest BCUT2D eigenvalue weighted by molar-refractivity contribution is 0.362. The van der Waals surface area contributed by atoms with Gasteiger partial charge in [0.25, 0.3) is 0 Å². The molecule has 0 radical (unpaired) electrons. The summed E-state index contributed by atoms with van der Waals surface area (Å²) in [5.74, 6) is 0.398. The topological polar surface area (TPSA) is 39.2 Å². The van der Waals surface area contributed by atoms with Crippen LogP contribution in [0.3, 0.4) is 0 Å². The predicted octanol–water partition coefficient (Wildman–Crippen LogP) is 4.55. The SMILES string of the molecule is CC(C)(c1ccccc1)C(N)c1cc2cc(F)ccc2o1. The number of benzene rings is 2. The summed E-state index contributed by atoms with van der Waals surface area (Å²) in [5, 5.41) is 0.740. The third kappa shape index (κ3) is 2.45. The van der Waals surface area contributed by atoms with Crippen LogP contribution in [0.4, 0.5) is 4.39 Å². The first-order chi connectivity index (χ1) is 9.98. The molecule has 2 N–H and O–H groups in total. The molecule has 1 heterocycles. The van der Waals surface area contributed by atoms with Crippen LogP contribution in [0.2, 0.25) is 0 Å². The molecule has 3 heteroatoms. The average Bonchev–Trinajstić information content (AvgIpc) is 2.90. The van der Waals surface area contributed by atoms with Gasteiger partial charge in [-0.15, -0.1) is 0 Å². The van der Waals surface area contributed by atoms with Gasteiger partial charge in [-0.1, -0.05) is 44.2 Å². The highest BCUT2D eigenvalue weighted by Gasteiger charge is 2.32. The molecular formula is C18H18FNO. The molecular weight excluding hydrogens is 265 g/mol. The van der Waals surface area contributed by atoms with Gasteiger partial charge in [0.15, 0.2) is 0 Å². The lowest BCUT2D eigenvalue weighted by Gasteiger charge is -2.30. The molecule has 0 fully saturated rings. The van der Waals surface area contributed by atoms with Crippen LogP contribution >= 0.6 is 0 Å². The Labute approximate surface area is 123 Å². The minimum Gasteiger partial charge on any atom is -0.459 e. The maximum Gasteiger partial charge on any atom is 0.134 e. The number of nitrogens with two attached hydrogens (primary N) is 1. The quantitative estimate of drug-likeness (QED) is 0.766. The van der Waals surface area contributed by atoms with E-state index >= 15 is 0 Å². The zero-order chi connectivity index (χ0) is 15.0. The summed E-state index contributed by atoms with van der Waals surface area (Å²) >= 11 is 0. The molecule has 2 aromatic carbocycles. The molecule has 0 spiro atoms. The van der Waals surface area contributed by atoms with Crippen molar-refractivity contribution in [1.82, 2.24) is 0 Å². The third-order valence-electron chi connectivity index (χ3n) is 4.10. The smallest absolute Gasteiger partial charge is 0.134 e. The molecule has 3 aromatic rings. The molecule has 21 heavy (non-hydrogen) atoms. The van der Waals surface area contributed by atoms with E-state index in [1.807, 2.05) is 24.3 Å². The van der Waals surface area contributed by atoms with Crippen molar-refractivity contribution in [3.8, 4) is 0 Å². The summed E-state index contributed by atoms with van der Waals surface area (Å²) in [6.07, 6.45) is 0. The Bertz CT molecular complexity index is 761. The summed E-state index contributed by atoms with van der Waals surface area (Å²) in [6.45, 7) is 4.17. The monoisotopic (exact) mass is 283 g/mol. The molecule has 0 amide bonds. The molecule has 108 valence electrons. The number of rotatable bonds is 3. The fraction of sp³-hybridized carbons (Fsp3) is 0.222. The zero-order valence-corrected chi connectivity index (χ0v) is 12.1. The minimum atomic E-state index is -0.310. The van der Waals surface area contributed by atoms with Crippen LogP contribution in [-0.2, 0) is 5.41 Å². The van der Waals surface area contributed by atoms with E-state index in [9.17, 15) is 4.39 Å². The Morgan fingerprint density at radius 2 is 1.76 bits per heavy atom. The Morgan fingerprint density at radius 3 is 2.48 bits per heavy atom. The van der Waals surface area contributed by atoms with E-state index in [-0.39, 0.29) is 17.3 Å². The summed E-state index contributed by atoms with van der Waals surface area (Å²) in [6, 6.07) is 16.1. The van der Waals surface area contributed by atoms with Crippen molar-refractivity contribution in [2.45, 2.75) is 25.3 Å². The van der Waals surface area contributed by atoms with Gasteiger partial charge >= 0.3 is 0 Å².